The quantitative estimate of drug-likeness (QED) is 0.714. The molecular weight excluding hydrogens is 291 g/mol. The first-order valence-electron chi connectivity index (χ1n) is 9.28. The van der Waals surface area contributed by atoms with Crippen LogP contribution in [0.1, 0.15) is 65.2 Å². The smallest absolute Gasteiger partial charge is 0.155 e. The number of rotatable bonds is 0. The Hall–Kier alpha value is -0.700. The molecule has 4 aliphatic rings. The van der Waals surface area contributed by atoms with Gasteiger partial charge in [0.1, 0.15) is 6.17 Å². The van der Waals surface area contributed by atoms with Gasteiger partial charge in [-0.25, -0.2) is 4.39 Å². The molecule has 0 amide bonds. The molecular formula is C20H31FO2. The van der Waals surface area contributed by atoms with E-state index >= 15 is 0 Å². The summed E-state index contributed by atoms with van der Waals surface area (Å²) in [5, 5.41) is 7.00. The van der Waals surface area contributed by atoms with E-state index in [1.54, 1.807) is 0 Å². The van der Waals surface area contributed by atoms with Gasteiger partial charge in [0.05, 0.1) is 0 Å². The number of ketones is 1. The first-order valence-corrected chi connectivity index (χ1v) is 9.28. The highest BCUT2D eigenvalue weighted by atomic mass is 19.1. The van der Waals surface area contributed by atoms with E-state index in [-0.39, 0.29) is 10.8 Å². The van der Waals surface area contributed by atoms with Gasteiger partial charge in [-0.1, -0.05) is 19.4 Å². The zero-order valence-electron chi connectivity index (χ0n) is 14.8. The number of aliphatic hydroxyl groups excluding tert-OH is 1. The molecule has 0 aromatic carbocycles. The zero-order valence-corrected chi connectivity index (χ0v) is 14.8. The van der Waals surface area contributed by atoms with Gasteiger partial charge in [0.2, 0.25) is 0 Å². The van der Waals surface area contributed by atoms with Crippen LogP contribution >= 0.6 is 0 Å². The molecule has 0 bridgehead atoms. The Morgan fingerprint density at radius 1 is 1.04 bits per heavy atom. The molecule has 0 spiro atoms. The lowest BCUT2D eigenvalue weighted by Gasteiger charge is -2.58. The Bertz CT molecular complexity index is 514. The van der Waals surface area contributed by atoms with Crippen LogP contribution in [0.15, 0.2) is 11.6 Å². The van der Waals surface area contributed by atoms with Crippen molar-refractivity contribution in [2.45, 2.75) is 71.4 Å². The topological polar surface area (TPSA) is 37.3 Å². The van der Waals surface area contributed by atoms with Crippen LogP contribution in [0.3, 0.4) is 0 Å². The van der Waals surface area contributed by atoms with Crippen molar-refractivity contribution < 1.29 is 14.3 Å². The van der Waals surface area contributed by atoms with Crippen molar-refractivity contribution in [3.8, 4) is 0 Å². The Morgan fingerprint density at radius 2 is 1.74 bits per heavy atom. The predicted octanol–water partition coefficient (Wildman–Crippen LogP) is 4.46. The number of halogens is 1. The molecule has 2 nitrogen and oxygen atoms in total. The lowest BCUT2D eigenvalue weighted by Crippen LogP contribution is -2.53. The summed E-state index contributed by atoms with van der Waals surface area (Å²) in [6.07, 6.45) is 9.45. The largest absolute Gasteiger partial charge is 0.400 e. The molecule has 0 aromatic heterocycles. The van der Waals surface area contributed by atoms with Crippen molar-refractivity contribution in [3.63, 3.8) is 0 Å². The summed E-state index contributed by atoms with van der Waals surface area (Å²) in [5.74, 6) is 2.34. The average molecular weight is 322 g/mol. The number of hydrogen-bond acceptors (Lipinski definition) is 2. The molecule has 6 atom stereocenters. The van der Waals surface area contributed by atoms with Crippen LogP contribution in [0.4, 0.5) is 4.39 Å². The van der Waals surface area contributed by atoms with Crippen LogP contribution in [0.25, 0.3) is 0 Å². The Kier molecular flexibility index (Phi) is 4.46. The fourth-order valence-electron chi connectivity index (χ4n) is 6.53. The molecule has 4 rings (SSSR count). The van der Waals surface area contributed by atoms with Gasteiger partial charge in [-0.2, -0.15) is 0 Å². The maximum absolute atomic E-state index is 14.6. The summed E-state index contributed by atoms with van der Waals surface area (Å²) in [5.41, 5.74) is 1.51. The number of hydrogen-bond donors (Lipinski definition) is 1. The number of aliphatic hydroxyl groups is 1. The molecule has 23 heavy (non-hydrogen) atoms. The maximum atomic E-state index is 14.6. The van der Waals surface area contributed by atoms with E-state index in [9.17, 15) is 9.18 Å². The highest BCUT2D eigenvalue weighted by Gasteiger charge is 2.63. The van der Waals surface area contributed by atoms with Crippen LogP contribution in [0.5, 0.6) is 0 Å². The average Bonchev–Trinajstić information content (AvgIpc) is 2.80. The molecule has 4 aliphatic carbocycles. The lowest BCUT2D eigenvalue weighted by molar-refractivity contribution is -0.117. The number of carbonyl (C=O) groups is 1. The van der Waals surface area contributed by atoms with Crippen molar-refractivity contribution in [2.24, 2.45) is 28.6 Å². The third kappa shape index (κ3) is 2.33. The standard InChI is InChI=1S/C19H27FO.CH4O/c1-18-10-8-17(20)19(18,2)9-7-15-14-5-4-13(21)11-12(14)3-6-16(15)18;1-2/h11,14-17H,3-10H2,1-2H3;2H,1H3. The molecule has 1 N–H and O–H groups in total. The summed E-state index contributed by atoms with van der Waals surface area (Å²) in [6, 6.07) is 0. The van der Waals surface area contributed by atoms with E-state index < -0.39 is 6.17 Å². The third-order valence-corrected chi connectivity index (χ3v) is 8.03. The summed E-state index contributed by atoms with van der Waals surface area (Å²) >= 11 is 0. The molecule has 0 saturated heterocycles. The molecule has 6 unspecified atom stereocenters. The molecule has 0 radical (unpaired) electrons. The Morgan fingerprint density at radius 3 is 2.48 bits per heavy atom. The number of alkyl halides is 1. The molecule has 0 aromatic rings. The second kappa shape index (κ2) is 5.98. The minimum absolute atomic E-state index is 0.0974. The van der Waals surface area contributed by atoms with E-state index in [4.69, 9.17) is 5.11 Å². The van der Waals surface area contributed by atoms with Gasteiger partial charge in [0.15, 0.2) is 5.78 Å². The Labute approximate surface area is 139 Å². The van der Waals surface area contributed by atoms with Gasteiger partial charge in [0, 0.05) is 18.9 Å². The minimum Gasteiger partial charge on any atom is -0.400 e. The van der Waals surface area contributed by atoms with Crippen molar-refractivity contribution in [2.75, 3.05) is 7.11 Å². The van der Waals surface area contributed by atoms with E-state index in [2.05, 4.69) is 13.8 Å². The summed E-state index contributed by atoms with van der Waals surface area (Å²) in [4.78, 5) is 11.7. The summed E-state index contributed by atoms with van der Waals surface area (Å²) in [6.45, 7) is 4.60. The van der Waals surface area contributed by atoms with Gasteiger partial charge < -0.3 is 5.11 Å². The van der Waals surface area contributed by atoms with E-state index in [0.29, 0.717) is 23.5 Å². The van der Waals surface area contributed by atoms with Crippen molar-refractivity contribution in [3.05, 3.63) is 11.6 Å². The molecule has 3 heteroatoms. The van der Waals surface area contributed by atoms with Crippen molar-refractivity contribution in [1.29, 1.82) is 0 Å². The highest BCUT2D eigenvalue weighted by Crippen LogP contribution is 2.68. The number of carbonyl (C=O) groups excluding carboxylic acids is 1. The molecule has 3 saturated carbocycles. The highest BCUT2D eigenvalue weighted by molar-refractivity contribution is 5.91. The van der Waals surface area contributed by atoms with Gasteiger partial charge in [0.25, 0.3) is 0 Å². The SMILES string of the molecule is CC12CCC3C4CCC(=O)C=C4CCC3C1(C)CCC2F.CO. The first-order chi connectivity index (χ1) is 11.0. The lowest BCUT2D eigenvalue weighted by atomic mass is 9.46. The third-order valence-electron chi connectivity index (χ3n) is 8.03. The van der Waals surface area contributed by atoms with Gasteiger partial charge >= 0.3 is 0 Å². The van der Waals surface area contributed by atoms with Gasteiger partial charge in [-0.3, -0.25) is 4.79 Å². The first kappa shape index (κ1) is 17.1. The second-order valence-corrected chi connectivity index (χ2v) is 8.52. The van der Waals surface area contributed by atoms with Gasteiger partial charge in [-0.15, -0.1) is 0 Å². The van der Waals surface area contributed by atoms with E-state index in [1.807, 2.05) is 6.08 Å². The van der Waals surface area contributed by atoms with Crippen LogP contribution in [0, 0.1) is 28.6 Å². The normalized spacial score (nSPS) is 48.4. The fourth-order valence-corrected chi connectivity index (χ4v) is 6.53. The zero-order chi connectivity index (χ0) is 16.8. The number of fused-ring (bicyclic) bond motifs is 5. The van der Waals surface area contributed by atoms with Gasteiger partial charge in [-0.05, 0) is 74.2 Å². The number of allylic oxidation sites excluding steroid dienone is 1. The molecule has 0 heterocycles. The summed E-state index contributed by atoms with van der Waals surface area (Å²) < 4.78 is 14.6. The van der Waals surface area contributed by atoms with E-state index in [1.165, 1.54) is 18.4 Å². The minimum atomic E-state index is -0.603. The maximum Gasteiger partial charge on any atom is 0.155 e. The van der Waals surface area contributed by atoms with Crippen LogP contribution < -0.4 is 0 Å². The van der Waals surface area contributed by atoms with Crippen LogP contribution in [-0.4, -0.2) is 24.2 Å². The molecule has 130 valence electrons. The van der Waals surface area contributed by atoms with Crippen molar-refractivity contribution in [1.82, 2.24) is 0 Å². The Balaban J connectivity index is 0.000000753. The second-order valence-electron chi connectivity index (χ2n) is 8.52. The molecule has 0 aliphatic heterocycles. The van der Waals surface area contributed by atoms with Crippen LogP contribution in [-0.2, 0) is 4.79 Å². The predicted molar refractivity (Wildman–Crippen MR) is 89.7 cm³/mol. The van der Waals surface area contributed by atoms with Crippen LogP contribution in [0.2, 0.25) is 0 Å². The fraction of sp³-hybridized carbons (Fsp3) is 0.850. The van der Waals surface area contributed by atoms with E-state index in [0.717, 1.165) is 45.6 Å². The summed E-state index contributed by atoms with van der Waals surface area (Å²) in [7, 11) is 1.00. The van der Waals surface area contributed by atoms with Crippen molar-refractivity contribution >= 4 is 5.78 Å². The monoisotopic (exact) mass is 322 g/mol. The molecule has 3 fully saturated rings.